The summed E-state index contributed by atoms with van der Waals surface area (Å²) in [6.07, 6.45) is 4.18. The molecule has 142 valence electrons. The van der Waals surface area contributed by atoms with Gasteiger partial charge in [-0.1, -0.05) is 61.2 Å². The maximum Gasteiger partial charge on any atom is 0.240 e. The number of carbonyl (C=O) groups is 1. The second kappa shape index (κ2) is 6.67. The van der Waals surface area contributed by atoms with Gasteiger partial charge in [-0.15, -0.1) is 0 Å². The van der Waals surface area contributed by atoms with Gasteiger partial charge in [-0.25, -0.2) is 0 Å². The minimum Gasteiger partial charge on any atom is -0.362 e. The molecule has 29 heavy (non-hydrogen) atoms. The molecule has 0 spiro atoms. The molecular formula is C25H21N3O. The Morgan fingerprint density at radius 2 is 1.69 bits per heavy atom. The van der Waals surface area contributed by atoms with Crippen LogP contribution in [0.25, 0.3) is 10.9 Å². The quantitative estimate of drug-likeness (QED) is 0.446. The molecule has 0 aliphatic carbocycles. The summed E-state index contributed by atoms with van der Waals surface area (Å²) in [4.78, 5) is 17.0. The molecule has 1 aliphatic rings. The van der Waals surface area contributed by atoms with Crippen LogP contribution in [0.3, 0.4) is 0 Å². The lowest BCUT2D eigenvalue weighted by molar-refractivity contribution is -0.119. The van der Waals surface area contributed by atoms with E-state index < -0.39 is 5.41 Å². The van der Waals surface area contributed by atoms with Crippen molar-refractivity contribution in [3.05, 3.63) is 108 Å². The molecule has 1 aromatic heterocycles. The Hall–Kier alpha value is -3.79. The maximum absolute atomic E-state index is 13.6. The lowest BCUT2D eigenvalue weighted by Gasteiger charge is -2.29. The van der Waals surface area contributed by atoms with Crippen LogP contribution in [0.15, 0.2) is 91.8 Å². The number of aromatic amines is 1. The minimum atomic E-state index is -0.824. The van der Waals surface area contributed by atoms with Gasteiger partial charge in [-0.05, 0) is 47.5 Å². The summed E-state index contributed by atoms with van der Waals surface area (Å²) in [5.74, 6) is -0.00291. The van der Waals surface area contributed by atoms with Crippen LogP contribution < -0.4 is 10.6 Å². The van der Waals surface area contributed by atoms with Crippen molar-refractivity contribution in [3.63, 3.8) is 0 Å². The fourth-order valence-corrected chi connectivity index (χ4v) is 4.49. The highest BCUT2D eigenvalue weighted by molar-refractivity contribution is 6.11. The molecular weight excluding hydrogens is 358 g/mol. The number of carbonyl (C=O) groups excluding carboxylic acids is 1. The number of rotatable bonds is 5. The van der Waals surface area contributed by atoms with Gasteiger partial charge in [0.25, 0.3) is 0 Å². The molecule has 0 saturated carbocycles. The molecule has 1 atom stereocenters. The van der Waals surface area contributed by atoms with Gasteiger partial charge < -0.3 is 15.6 Å². The standard InChI is InChI=1S/C25H21N3O/c1-2-26-21-12-6-3-9-17(21)15-25(19-11-5-8-14-23(19)28-24(25)29)20-16-27-22-13-7-4-10-18(20)22/h2-14,16,26-27H,1,15H2,(H,28,29)/t25-/m1/s1. The first kappa shape index (κ1) is 17.3. The summed E-state index contributed by atoms with van der Waals surface area (Å²) in [5.41, 5.74) is 5.08. The normalized spacial score (nSPS) is 17.7. The highest BCUT2D eigenvalue weighted by atomic mass is 16.2. The van der Waals surface area contributed by atoms with E-state index in [1.54, 1.807) is 6.20 Å². The first-order valence-corrected chi connectivity index (χ1v) is 9.67. The highest BCUT2D eigenvalue weighted by Gasteiger charge is 2.49. The van der Waals surface area contributed by atoms with Gasteiger partial charge in [0.05, 0.1) is 0 Å². The van der Waals surface area contributed by atoms with E-state index in [1.165, 1.54) is 0 Å². The van der Waals surface area contributed by atoms with Gasteiger partial charge in [0.1, 0.15) is 5.41 Å². The zero-order valence-corrected chi connectivity index (χ0v) is 15.9. The second-order valence-electron chi connectivity index (χ2n) is 7.34. The van der Waals surface area contributed by atoms with E-state index in [0.29, 0.717) is 6.42 Å². The van der Waals surface area contributed by atoms with Crippen LogP contribution >= 0.6 is 0 Å². The van der Waals surface area contributed by atoms with Crippen molar-refractivity contribution in [1.82, 2.24) is 4.98 Å². The number of hydrogen-bond donors (Lipinski definition) is 3. The summed E-state index contributed by atoms with van der Waals surface area (Å²) in [6, 6.07) is 24.2. The number of para-hydroxylation sites is 3. The van der Waals surface area contributed by atoms with Crippen LogP contribution in [0.1, 0.15) is 16.7 Å². The van der Waals surface area contributed by atoms with Crippen molar-refractivity contribution in [3.8, 4) is 0 Å². The fraction of sp³-hybridized carbons (Fsp3) is 0.0800. The Kier molecular flexibility index (Phi) is 3.98. The van der Waals surface area contributed by atoms with Gasteiger partial charge in [0.15, 0.2) is 0 Å². The topological polar surface area (TPSA) is 56.9 Å². The van der Waals surface area contributed by atoms with Gasteiger partial charge >= 0.3 is 0 Å². The van der Waals surface area contributed by atoms with Crippen LogP contribution in [0.4, 0.5) is 11.4 Å². The number of benzene rings is 3. The third-order valence-corrected chi connectivity index (χ3v) is 5.80. The average Bonchev–Trinajstić information content (AvgIpc) is 3.29. The smallest absolute Gasteiger partial charge is 0.240 e. The number of amides is 1. The maximum atomic E-state index is 13.6. The zero-order valence-electron chi connectivity index (χ0n) is 15.9. The molecule has 0 radical (unpaired) electrons. The Balaban J connectivity index is 1.78. The van der Waals surface area contributed by atoms with E-state index in [0.717, 1.165) is 39.0 Å². The number of fused-ring (bicyclic) bond motifs is 2. The fourth-order valence-electron chi connectivity index (χ4n) is 4.49. The molecule has 4 heteroatoms. The molecule has 4 aromatic rings. The van der Waals surface area contributed by atoms with E-state index in [2.05, 4.69) is 40.4 Å². The van der Waals surface area contributed by atoms with E-state index >= 15 is 0 Å². The summed E-state index contributed by atoms with van der Waals surface area (Å²) in [6.45, 7) is 3.79. The largest absolute Gasteiger partial charge is 0.362 e. The predicted octanol–water partition coefficient (Wildman–Crippen LogP) is 5.20. The number of nitrogens with one attached hydrogen (secondary N) is 3. The van der Waals surface area contributed by atoms with Crippen molar-refractivity contribution in [1.29, 1.82) is 0 Å². The van der Waals surface area contributed by atoms with Crippen LogP contribution in [0, 0.1) is 0 Å². The molecule has 5 rings (SSSR count). The summed E-state index contributed by atoms with van der Waals surface area (Å²) in [5, 5.41) is 7.40. The molecule has 3 N–H and O–H groups in total. The minimum absolute atomic E-state index is 0.00291. The first-order valence-electron chi connectivity index (χ1n) is 9.67. The van der Waals surface area contributed by atoms with Crippen LogP contribution in [-0.4, -0.2) is 10.9 Å². The molecule has 0 saturated heterocycles. The van der Waals surface area contributed by atoms with Crippen molar-refractivity contribution in [2.45, 2.75) is 11.8 Å². The Morgan fingerprint density at radius 1 is 0.931 bits per heavy atom. The molecule has 0 bridgehead atoms. The number of H-pyrrole nitrogens is 1. The Bertz CT molecular complexity index is 1240. The van der Waals surface area contributed by atoms with Crippen molar-refractivity contribution < 1.29 is 4.79 Å². The molecule has 4 nitrogen and oxygen atoms in total. The van der Waals surface area contributed by atoms with E-state index in [1.807, 2.05) is 60.8 Å². The van der Waals surface area contributed by atoms with Crippen molar-refractivity contribution >= 4 is 28.2 Å². The van der Waals surface area contributed by atoms with Gasteiger partial charge in [-0.3, -0.25) is 4.79 Å². The molecule has 0 fully saturated rings. The number of hydrogen-bond acceptors (Lipinski definition) is 2. The molecule has 3 aromatic carbocycles. The monoisotopic (exact) mass is 379 g/mol. The summed E-state index contributed by atoms with van der Waals surface area (Å²) >= 11 is 0. The molecule has 0 unspecified atom stereocenters. The van der Waals surface area contributed by atoms with Crippen LogP contribution in [0.5, 0.6) is 0 Å². The molecule has 2 heterocycles. The second-order valence-corrected chi connectivity index (χ2v) is 7.34. The lowest BCUT2D eigenvalue weighted by atomic mass is 9.71. The average molecular weight is 379 g/mol. The third-order valence-electron chi connectivity index (χ3n) is 5.80. The SMILES string of the molecule is C=CNc1ccccc1C[C@@]1(c2c[nH]c3ccccc23)C(=O)Nc2ccccc21. The summed E-state index contributed by atoms with van der Waals surface area (Å²) < 4.78 is 0. The first-order chi connectivity index (χ1) is 14.2. The van der Waals surface area contributed by atoms with Crippen LogP contribution in [0.2, 0.25) is 0 Å². The van der Waals surface area contributed by atoms with Gasteiger partial charge in [-0.2, -0.15) is 0 Å². The zero-order chi connectivity index (χ0) is 19.8. The predicted molar refractivity (Wildman–Crippen MR) is 118 cm³/mol. The Morgan fingerprint density at radius 3 is 2.59 bits per heavy atom. The third kappa shape index (κ3) is 2.57. The van der Waals surface area contributed by atoms with Gasteiger partial charge in [0.2, 0.25) is 5.91 Å². The van der Waals surface area contributed by atoms with E-state index in [9.17, 15) is 4.79 Å². The van der Waals surface area contributed by atoms with Crippen LogP contribution in [-0.2, 0) is 16.6 Å². The highest BCUT2D eigenvalue weighted by Crippen LogP contribution is 2.47. The lowest BCUT2D eigenvalue weighted by Crippen LogP contribution is -2.38. The van der Waals surface area contributed by atoms with Crippen molar-refractivity contribution in [2.75, 3.05) is 10.6 Å². The van der Waals surface area contributed by atoms with E-state index in [-0.39, 0.29) is 5.91 Å². The van der Waals surface area contributed by atoms with E-state index in [4.69, 9.17) is 0 Å². The molecule has 1 amide bonds. The Labute approximate surface area is 169 Å². The van der Waals surface area contributed by atoms with Crippen molar-refractivity contribution in [2.24, 2.45) is 0 Å². The molecule has 1 aliphatic heterocycles. The number of aromatic nitrogens is 1. The summed E-state index contributed by atoms with van der Waals surface area (Å²) in [7, 11) is 0. The number of anilines is 2. The van der Waals surface area contributed by atoms with Gasteiger partial charge in [0, 0.05) is 28.5 Å².